The Bertz CT molecular complexity index is 1390. The third-order valence-corrected chi connectivity index (χ3v) is 5.45. The lowest BCUT2D eigenvalue weighted by molar-refractivity contribution is 0.355. The van der Waals surface area contributed by atoms with Crippen molar-refractivity contribution >= 4 is 10.9 Å². The topological polar surface area (TPSA) is 76.6 Å². The molecular formula is C23H23N3O5. The van der Waals surface area contributed by atoms with Crippen LogP contribution in [0, 0.1) is 0 Å². The summed E-state index contributed by atoms with van der Waals surface area (Å²) < 4.78 is 20.6. The van der Waals surface area contributed by atoms with E-state index in [1.165, 1.54) is 11.6 Å². The van der Waals surface area contributed by atoms with Crippen LogP contribution in [0.15, 0.2) is 58.3 Å². The molecule has 0 aliphatic rings. The van der Waals surface area contributed by atoms with Gasteiger partial charge in [0.1, 0.15) is 5.75 Å². The minimum absolute atomic E-state index is 0.358. The minimum atomic E-state index is -0.386. The summed E-state index contributed by atoms with van der Waals surface area (Å²) in [5.41, 5.74) is 2.02. The molecule has 0 unspecified atom stereocenters. The van der Waals surface area contributed by atoms with Crippen LogP contribution < -0.4 is 25.5 Å². The number of hydrogen-bond acceptors (Lipinski definition) is 5. The van der Waals surface area contributed by atoms with Gasteiger partial charge in [0.25, 0.3) is 5.56 Å². The number of methoxy groups -OCH3 is 3. The Labute approximate surface area is 178 Å². The first-order valence-corrected chi connectivity index (χ1v) is 9.59. The zero-order valence-electron chi connectivity index (χ0n) is 18.0. The molecular weight excluding hydrogens is 398 g/mol. The largest absolute Gasteiger partial charge is 0.497 e. The van der Waals surface area contributed by atoms with Crippen LogP contribution in [0.25, 0.3) is 27.8 Å². The predicted octanol–water partition coefficient (Wildman–Crippen LogP) is 2.72. The molecule has 0 N–H and O–H groups in total. The average Bonchev–Trinajstić information content (AvgIpc) is 3.21. The monoisotopic (exact) mass is 421 g/mol. The van der Waals surface area contributed by atoms with E-state index in [1.54, 1.807) is 40.6 Å². The van der Waals surface area contributed by atoms with Crippen molar-refractivity contribution in [2.24, 2.45) is 14.1 Å². The van der Waals surface area contributed by atoms with Crippen LogP contribution in [0.4, 0.5) is 0 Å². The van der Waals surface area contributed by atoms with Gasteiger partial charge in [-0.25, -0.2) is 4.79 Å². The van der Waals surface area contributed by atoms with Gasteiger partial charge in [-0.2, -0.15) is 0 Å². The van der Waals surface area contributed by atoms with Gasteiger partial charge in [-0.1, -0.05) is 0 Å². The highest BCUT2D eigenvalue weighted by Gasteiger charge is 2.21. The summed E-state index contributed by atoms with van der Waals surface area (Å²) >= 11 is 0. The Morgan fingerprint density at radius 2 is 1.45 bits per heavy atom. The van der Waals surface area contributed by atoms with Crippen molar-refractivity contribution < 1.29 is 14.2 Å². The fourth-order valence-corrected chi connectivity index (χ4v) is 3.75. The maximum atomic E-state index is 13.2. The highest BCUT2D eigenvalue weighted by molar-refractivity contribution is 5.95. The molecule has 8 nitrogen and oxygen atoms in total. The van der Waals surface area contributed by atoms with E-state index in [-0.39, 0.29) is 11.2 Å². The second kappa shape index (κ2) is 7.71. The second-order valence-corrected chi connectivity index (χ2v) is 7.08. The van der Waals surface area contributed by atoms with Gasteiger partial charge in [-0.3, -0.25) is 13.9 Å². The standard InChI is InChI=1S/C23H23N3O5/c1-24-17-13-26(15-8-11-18(30-4)19(12-15)31-5)21(14-6-9-16(29-3)10-7-14)20(17)22(27)25(2)23(24)28/h6-13H,1-5H3. The zero-order chi connectivity index (χ0) is 22.3. The van der Waals surface area contributed by atoms with Gasteiger partial charge in [0.2, 0.25) is 0 Å². The molecule has 0 saturated heterocycles. The van der Waals surface area contributed by atoms with Crippen LogP contribution in [-0.2, 0) is 14.1 Å². The molecule has 4 aromatic rings. The molecule has 0 atom stereocenters. The van der Waals surface area contributed by atoms with Crippen molar-refractivity contribution in [3.8, 4) is 34.2 Å². The quantitative estimate of drug-likeness (QED) is 0.495. The van der Waals surface area contributed by atoms with Gasteiger partial charge in [0.15, 0.2) is 11.5 Å². The van der Waals surface area contributed by atoms with Crippen molar-refractivity contribution in [3.63, 3.8) is 0 Å². The van der Waals surface area contributed by atoms with Crippen LogP contribution in [-0.4, -0.2) is 35.0 Å². The summed E-state index contributed by atoms with van der Waals surface area (Å²) in [6.07, 6.45) is 1.79. The molecule has 2 heterocycles. The van der Waals surface area contributed by atoms with Crippen molar-refractivity contribution in [2.75, 3.05) is 21.3 Å². The van der Waals surface area contributed by atoms with E-state index in [9.17, 15) is 9.59 Å². The van der Waals surface area contributed by atoms with E-state index in [0.717, 1.165) is 15.8 Å². The van der Waals surface area contributed by atoms with E-state index in [4.69, 9.17) is 14.2 Å². The number of ether oxygens (including phenoxy) is 3. The van der Waals surface area contributed by atoms with Gasteiger partial charge < -0.3 is 18.8 Å². The second-order valence-electron chi connectivity index (χ2n) is 7.08. The highest BCUT2D eigenvalue weighted by atomic mass is 16.5. The van der Waals surface area contributed by atoms with Crippen molar-refractivity contribution in [1.29, 1.82) is 0 Å². The summed E-state index contributed by atoms with van der Waals surface area (Å²) in [5, 5.41) is 0.449. The van der Waals surface area contributed by atoms with Crippen molar-refractivity contribution in [1.82, 2.24) is 13.7 Å². The number of rotatable bonds is 5. The van der Waals surface area contributed by atoms with Crippen LogP contribution >= 0.6 is 0 Å². The fraction of sp³-hybridized carbons (Fsp3) is 0.217. The van der Waals surface area contributed by atoms with Gasteiger partial charge >= 0.3 is 5.69 Å². The molecule has 31 heavy (non-hydrogen) atoms. The third-order valence-electron chi connectivity index (χ3n) is 5.45. The molecule has 160 valence electrons. The Kier molecular flexibility index (Phi) is 5.06. The zero-order valence-corrected chi connectivity index (χ0v) is 18.0. The Morgan fingerprint density at radius 3 is 2.06 bits per heavy atom. The summed E-state index contributed by atoms with van der Waals surface area (Å²) in [6.45, 7) is 0. The maximum absolute atomic E-state index is 13.2. The lowest BCUT2D eigenvalue weighted by Crippen LogP contribution is -2.36. The van der Waals surface area contributed by atoms with Gasteiger partial charge in [-0.05, 0) is 42.0 Å². The van der Waals surface area contributed by atoms with E-state index < -0.39 is 0 Å². The smallest absolute Gasteiger partial charge is 0.330 e. The molecule has 0 bridgehead atoms. The van der Waals surface area contributed by atoms with Gasteiger partial charge in [0, 0.05) is 32.0 Å². The number of benzene rings is 2. The summed E-state index contributed by atoms with van der Waals surface area (Å²) in [6, 6.07) is 12.9. The van der Waals surface area contributed by atoms with E-state index >= 15 is 0 Å². The molecule has 0 spiro atoms. The molecule has 4 rings (SSSR count). The lowest BCUT2D eigenvalue weighted by Gasteiger charge is -2.13. The molecule has 8 heteroatoms. The van der Waals surface area contributed by atoms with Crippen LogP contribution in [0.5, 0.6) is 17.2 Å². The molecule has 0 saturated carbocycles. The summed E-state index contributed by atoms with van der Waals surface area (Å²) in [7, 11) is 7.88. The number of aryl methyl sites for hydroxylation is 1. The Hall–Kier alpha value is -3.94. The highest BCUT2D eigenvalue weighted by Crippen LogP contribution is 2.35. The number of hydrogen-bond donors (Lipinski definition) is 0. The normalized spacial score (nSPS) is 11.0. The summed E-state index contributed by atoms with van der Waals surface area (Å²) in [5.74, 6) is 1.86. The number of aromatic nitrogens is 3. The predicted molar refractivity (Wildman–Crippen MR) is 119 cm³/mol. The number of fused-ring (bicyclic) bond motifs is 1. The van der Waals surface area contributed by atoms with Crippen LogP contribution in [0.3, 0.4) is 0 Å². The Balaban J connectivity index is 2.12. The maximum Gasteiger partial charge on any atom is 0.330 e. The van der Waals surface area contributed by atoms with Crippen molar-refractivity contribution in [3.05, 3.63) is 69.5 Å². The van der Waals surface area contributed by atoms with E-state index in [0.29, 0.717) is 33.8 Å². The first-order chi connectivity index (χ1) is 14.9. The first-order valence-electron chi connectivity index (χ1n) is 9.59. The lowest BCUT2D eigenvalue weighted by atomic mass is 10.1. The average molecular weight is 421 g/mol. The van der Waals surface area contributed by atoms with Crippen molar-refractivity contribution in [2.45, 2.75) is 0 Å². The van der Waals surface area contributed by atoms with Crippen LogP contribution in [0.2, 0.25) is 0 Å². The molecule has 0 aliphatic carbocycles. The molecule has 0 aliphatic heterocycles. The number of nitrogens with zero attached hydrogens (tertiary/aromatic N) is 3. The van der Waals surface area contributed by atoms with E-state index in [1.807, 2.05) is 41.0 Å². The van der Waals surface area contributed by atoms with Gasteiger partial charge in [-0.15, -0.1) is 0 Å². The SMILES string of the molecule is COc1ccc(-c2c3c(=O)n(C)c(=O)n(C)c3cn2-c2ccc(OC)c(OC)c2)cc1. The first kappa shape index (κ1) is 20.3. The molecule has 0 radical (unpaired) electrons. The minimum Gasteiger partial charge on any atom is -0.497 e. The molecule has 0 fully saturated rings. The van der Waals surface area contributed by atoms with Gasteiger partial charge in [0.05, 0.1) is 37.9 Å². The molecule has 0 amide bonds. The Morgan fingerprint density at radius 1 is 0.774 bits per heavy atom. The molecule has 2 aromatic carbocycles. The summed E-state index contributed by atoms with van der Waals surface area (Å²) in [4.78, 5) is 25.7. The van der Waals surface area contributed by atoms with Crippen LogP contribution in [0.1, 0.15) is 0 Å². The van der Waals surface area contributed by atoms with E-state index in [2.05, 4.69) is 0 Å². The molecule has 2 aromatic heterocycles. The third kappa shape index (κ3) is 3.16. The fourth-order valence-electron chi connectivity index (χ4n) is 3.75.